The molecule has 21 heavy (non-hydrogen) atoms. The number of likely N-dealkylation sites (N-methyl/N-ethyl adjacent to an activating group) is 1. The summed E-state index contributed by atoms with van der Waals surface area (Å²) in [5.74, 6) is 0. The lowest BCUT2D eigenvalue weighted by molar-refractivity contribution is 0.543. The third-order valence-electron chi connectivity index (χ3n) is 3.22. The van der Waals surface area contributed by atoms with E-state index in [2.05, 4.69) is 15.6 Å². The first-order chi connectivity index (χ1) is 9.90. The number of aryl methyl sites for hydroxylation is 1. The number of hydrogen-bond donors (Lipinski definition) is 1. The quantitative estimate of drug-likeness (QED) is 0.865. The van der Waals surface area contributed by atoms with Crippen LogP contribution >= 0.6 is 0 Å². The van der Waals surface area contributed by atoms with E-state index >= 15 is 0 Å². The van der Waals surface area contributed by atoms with Gasteiger partial charge in [0.15, 0.2) is 9.84 Å². The van der Waals surface area contributed by atoms with Crippen LogP contribution in [0.4, 0.5) is 0 Å². The van der Waals surface area contributed by atoms with Gasteiger partial charge in [-0.15, -0.1) is 5.10 Å². The Bertz CT molecular complexity index is 692. The van der Waals surface area contributed by atoms with Gasteiger partial charge in [0.05, 0.1) is 10.6 Å². The van der Waals surface area contributed by atoms with Crippen molar-refractivity contribution in [2.75, 3.05) is 12.8 Å². The third-order valence-corrected chi connectivity index (χ3v) is 4.35. The molecule has 1 atom stereocenters. The summed E-state index contributed by atoms with van der Waals surface area (Å²) in [5.41, 5.74) is 1.94. The standard InChI is InChI=1S/C14H20N4O2S/c1-4-15-14(9-12-10-18(2)17-16-12)11-5-7-13(8-6-11)21(3,19)20/h5-8,10,14-15H,4,9H2,1-3H3. The van der Waals surface area contributed by atoms with Crippen molar-refractivity contribution in [2.45, 2.75) is 24.3 Å². The van der Waals surface area contributed by atoms with Crippen LogP contribution in [0.5, 0.6) is 0 Å². The molecule has 0 aliphatic rings. The van der Waals surface area contributed by atoms with Gasteiger partial charge >= 0.3 is 0 Å². The Morgan fingerprint density at radius 1 is 1.29 bits per heavy atom. The van der Waals surface area contributed by atoms with Gasteiger partial charge in [-0.25, -0.2) is 8.42 Å². The lowest BCUT2D eigenvalue weighted by Crippen LogP contribution is -2.23. The van der Waals surface area contributed by atoms with Crippen LogP contribution in [-0.2, 0) is 23.3 Å². The summed E-state index contributed by atoms with van der Waals surface area (Å²) < 4.78 is 24.7. The summed E-state index contributed by atoms with van der Waals surface area (Å²) in [6.45, 7) is 2.85. The zero-order valence-electron chi connectivity index (χ0n) is 12.4. The van der Waals surface area contributed by atoms with Gasteiger partial charge in [0, 0.05) is 32.0 Å². The molecular weight excluding hydrogens is 288 g/mol. The second kappa shape index (κ2) is 6.36. The van der Waals surface area contributed by atoms with E-state index in [1.54, 1.807) is 16.8 Å². The molecule has 0 aliphatic carbocycles. The van der Waals surface area contributed by atoms with Crippen molar-refractivity contribution in [3.05, 3.63) is 41.7 Å². The van der Waals surface area contributed by atoms with E-state index in [1.165, 1.54) is 6.26 Å². The minimum Gasteiger partial charge on any atom is -0.310 e. The molecule has 1 aromatic heterocycles. The highest BCUT2D eigenvalue weighted by atomic mass is 32.2. The molecule has 0 fully saturated rings. The van der Waals surface area contributed by atoms with E-state index in [-0.39, 0.29) is 6.04 Å². The first-order valence-electron chi connectivity index (χ1n) is 6.78. The normalized spacial score (nSPS) is 13.3. The van der Waals surface area contributed by atoms with E-state index in [4.69, 9.17) is 0 Å². The van der Waals surface area contributed by atoms with E-state index in [0.717, 1.165) is 17.8 Å². The summed E-state index contributed by atoms with van der Waals surface area (Å²) >= 11 is 0. The SMILES string of the molecule is CCNC(Cc1cn(C)nn1)c1ccc(S(C)(=O)=O)cc1. The Hall–Kier alpha value is -1.73. The Labute approximate surface area is 125 Å². The summed E-state index contributed by atoms with van der Waals surface area (Å²) in [4.78, 5) is 0.334. The van der Waals surface area contributed by atoms with Gasteiger partial charge in [0.25, 0.3) is 0 Å². The van der Waals surface area contributed by atoms with Crippen molar-refractivity contribution in [3.63, 3.8) is 0 Å². The van der Waals surface area contributed by atoms with Crippen LogP contribution in [0.2, 0.25) is 0 Å². The van der Waals surface area contributed by atoms with Crippen molar-refractivity contribution in [1.29, 1.82) is 0 Å². The fourth-order valence-corrected chi connectivity index (χ4v) is 2.83. The van der Waals surface area contributed by atoms with Crippen LogP contribution < -0.4 is 5.32 Å². The molecule has 1 unspecified atom stereocenters. The molecule has 0 bridgehead atoms. The molecule has 2 aromatic rings. The van der Waals surface area contributed by atoms with Crippen LogP contribution in [0.15, 0.2) is 35.4 Å². The monoisotopic (exact) mass is 308 g/mol. The summed E-state index contributed by atoms with van der Waals surface area (Å²) in [5, 5.41) is 11.4. The van der Waals surface area contributed by atoms with Gasteiger partial charge in [-0.05, 0) is 24.2 Å². The highest BCUT2D eigenvalue weighted by Crippen LogP contribution is 2.19. The largest absolute Gasteiger partial charge is 0.310 e. The summed E-state index contributed by atoms with van der Waals surface area (Å²) in [7, 11) is -1.33. The van der Waals surface area contributed by atoms with Crippen LogP contribution in [-0.4, -0.2) is 36.2 Å². The third kappa shape index (κ3) is 4.12. The summed E-state index contributed by atoms with van der Waals surface area (Å²) in [6.07, 6.45) is 3.80. The number of hydrogen-bond acceptors (Lipinski definition) is 5. The number of sulfone groups is 1. The number of nitrogens with zero attached hydrogens (tertiary/aromatic N) is 3. The fourth-order valence-electron chi connectivity index (χ4n) is 2.20. The maximum atomic E-state index is 11.5. The molecule has 0 spiro atoms. The van der Waals surface area contributed by atoms with Crippen molar-refractivity contribution >= 4 is 9.84 Å². The summed E-state index contributed by atoms with van der Waals surface area (Å²) in [6, 6.07) is 7.07. The van der Waals surface area contributed by atoms with E-state index in [1.807, 2.05) is 32.3 Å². The predicted octanol–water partition coefficient (Wildman–Crippen LogP) is 1.11. The average Bonchev–Trinajstić information content (AvgIpc) is 2.83. The fraction of sp³-hybridized carbons (Fsp3) is 0.429. The molecule has 0 radical (unpaired) electrons. The molecule has 2 rings (SSSR count). The molecule has 6 nitrogen and oxygen atoms in total. The van der Waals surface area contributed by atoms with Gasteiger partial charge in [-0.2, -0.15) is 0 Å². The zero-order valence-corrected chi connectivity index (χ0v) is 13.3. The predicted molar refractivity (Wildman–Crippen MR) is 80.7 cm³/mol. The minimum absolute atomic E-state index is 0.0836. The molecule has 1 aromatic carbocycles. The first kappa shape index (κ1) is 15.7. The first-order valence-corrected chi connectivity index (χ1v) is 8.68. The van der Waals surface area contributed by atoms with Crippen molar-refractivity contribution in [2.24, 2.45) is 7.05 Å². The maximum absolute atomic E-state index is 11.5. The van der Waals surface area contributed by atoms with E-state index < -0.39 is 9.84 Å². The van der Waals surface area contributed by atoms with Crippen molar-refractivity contribution in [3.8, 4) is 0 Å². The molecule has 1 heterocycles. The number of benzene rings is 1. The second-order valence-corrected chi connectivity index (χ2v) is 7.05. The number of aromatic nitrogens is 3. The molecule has 0 aliphatic heterocycles. The van der Waals surface area contributed by atoms with E-state index in [0.29, 0.717) is 11.3 Å². The van der Waals surface area contributed by atoms with Crippen LogP contribution in [0.1, 0.15) is 24.2 Å². The van der Waals surface area contributed by atoms with Gasteiger partial charge < -0.3 is 5.32 Å². The molecule has 0 amide bonds. The number of nitrogens with one attached hydrogen (secondary N) is 1. The van der Waals surface area contributed by atoms with E-state index in [9.17, 15) is 8.42 Å². The highest BCUT2D eigenvalue weighted by Gasteiger charge is 2.14. The highest BCUT2D eigenvalue weighted by molar-refractivity contribution is 7.90. The van der Waals surface area contributed by atoms with Gasteiger partial charge in [-0.1, -0.05) is 24.3 Å². The maximum Gasteiger partial charge on any atom is 0.175 e. The minimum atomic E-state index is -3.16. The van der Waals surface area contributed by atoms with Crippen LogP contribution in [0, 0.1) is 0 Å². The van der Waals surface area contributed by atoms with Gasteiger partial charge in [0.2, 0.25) is 0 Å². The molecule has 0 saturated carbocycles. The Morgan fingerprint density at radius 2 is 1.95 bits per heavy atom. The Morgan fingerprint density at radius 3 is 2.43 bits per heavy atom. The molecule has 114 valence electrons. The van der Waals surface area contributed by atoms with Gasteiger partial charge in [-0.3, -0.25) is 4.68 Å². The molecule has 1 N–H and O–H groups in total. The number of rotatable bonds is 6. The van der Waals surface area contributed by atoms with Crippen LogP contribution in [0.25, 0.3) is 0 Å². The zero-order chi connectivity index (χ0) is 15.5. The molecule has 0 saturated heterocycles. The topological polar surface area (TPSA) is 76.9 Å². The second-order valence-electron chi connectivity index (χ2n) is 5.04. The molecular formula is C14H20N4O2S. The Balaban J connectivity index is 2.21. The molecule has 7 heteroatoms. The smallest absolute Gasteiger partial charge is 0.175 e. The van der Waals surface area contributed by atoms with Crippen molar-refractivity contribution < 1.29 is 8.42 Å². The van der Waals surface area contributed by atoms with Crippen LogP contribution in [0.3, 0.4) is 0 Å². The van der Waals surface area contributed by atoms with Crippen molar-refractivity contribution in [1.82, 2.24) is 20.3 Å². The lowest BCUT2D eigenvalue weighted by atomic mass is 10.0. The Kier molecular flexibility index (Phi) is 4.74. The average molecular weight is 308 g/mol. The lowest BCUT2D eigenvalue weighted by Gasteiger charge is -2.17. The van der Waals surface area contributed by atoms with Gasteiger partial charge in [0.1, 0.15) is 0 Å².